The highest BCUT2D eigenvalue weighted by Gasteiger charge is 2.41. The molecule has 0 radical (unpaired) electrons. The normalized spacial score (nSPS) is 25.8. The van der Waals surface area contributed by atoms with E-state index in [1.807, 2.05) is 18.2 Å². The SMILES string of the molecule is O=C(NCc1ccco1)[C@@H]1CC[C@@H]2[C@@H](CCN2Cc2ccc(F)cc2)O1. The van der Waals surface area contributed by atoms with Gasteiger partial charge in [-0.1, -0.05) is 12.1 Å². The minimum atomic E-state index is -0.392. The van der Waals surface area contributed by atoms with E-state index in [0.29, 0.717) is 19.0 Å². The molecule has 2 aliphatic rings. The van der Waals surface area contributed by atoms with E-state index in [-0.39, 0.29) is 17.8 Å². The number of furan rings is 1. The summed E-state index contributed by atoms with van der Waals surface area (Å²) in [5.41, 5.74) is 1.10. The molecule has 3 atom stereocenters. The third-order valence-electron chi connectivity index (χ3n) is 5.27. The van der Waals surface area contributed by atoms with Gasteiger partial charge in [-0.25, -0.2) is 4.39 Å². The molecule has 5 nitrogen and oxygen atoms in total. The highest BCUT2D eigenvalue weighted by atomic mass is 19.1. The number of hydrogen-bond acceptors (Lipinski definition) is 4. The van der Waals surface area contributed by atoms with Crippen LogP contribution in [0.3, 0.4) is 0 Å². The maximum absolute atomic E-state index is 13.1. The Labute approximate surface area is 152 Å². The van der Waals surface area contributed by atoms with Crippen LogP contribution in [0.1, 0.15) is 30.6 Å². The van der Waals surface area contributed by atoms with E-state index in [4.69, 9.17) is 9.15 Å². The average Bonchev–Trinajstić information content (AvgIpc) is 3.31. The Morgan fingerprint density at radius 2 is 2.04 bits per heavy atom. The molecule has 1 aromatic carbocycles. The van der Waals surface area contributed by atoms with Crippen LogP contribution >= 0.6 is 0 Å². The van der Waals surface area contributed by atoms with Gasteiger partial charge >= 0.3 is 0 Å². The van der Waals surface area contributed by atoms with Crippen molar-refractivity contribution in [3.63, 3.8) is 0 Å². The van der Waals surface area contributed by atoms with Crippen LogP contribution in [0.5, 0.6) is 0 Å². The van der Waals surface area contributed by atoms with Gasteiger partial charge in [-0.2, -0.15) is 0 Å². The fourth-order valence-electron chi connectivity index (χ4n) is 3.93. The van der Waals surface area contributed by atoms with Gasteiger partial charge in [0.2, 0.25) is 5.91 Å². The molecular formula is C20H23FN2O3. The zero-order valence-corrected chi connectivity index (χ0v) is 14.6. The molecule has 0 saturated carbocycles. The minimum Gasteiger partial charge on any atom is -0.467 e. The van der Waals surface area contributed by atoms with Gasteiger partial charge in [0.05, 0.1) is 18.9 Å². The third kappa shape index (κ3) is 3.81. The molecule has 2 fully saturated rings. The molecular weight excluding hydrogens is 335 g/mol. The van der Waals surface area contributed by atoms with Crippen molar-refractivity contribution in [2.75, 3.05) is 6.54 Å². The molecule has 1 aromatic heterocycles. The summed E-state index contributed by atoms with van der Waals surface area (Å²) in [7, 11) is 0. The highest BCUT2D eigenvalue weighted by molar-refractivity contribution is 5.80. The third-order valence-corrected chi connectivity index (χ3v) is 5.27. The molecule has 4 rings (SSSR count). The van der Waals surface area contributed by atoms with Crippen LogP contribution in [-0.2, 0) is 22.6 Å². The van der Waals surface area contributed by atoms with Gasteiger partial charge in [-0.15, -0.1) is 0 Å². The van der Waals surface area contributed by atoms with Crippen molar-refractivity contribution in [3.05, 3.63) is 59.8 Å². The quantitative estimate of drug-likeness (QED) is 0.893. The summed E-state index contributed by atoms with van der Waals surface area (Å²) >= 11 is 0. The van der Waals surface area contributed by atoms with Gasteiger partial charge in [0.1, 0.15) is 17.7 Å². The molecule has 2 saturated heterocycles. The molecule has 2 aliphatic heterocycles. The number of likely N-dealkylation sites (tertiary alicyclic amines) is 1. The Morgan fingerprint density at radius 1 is 1.19 bits per heavy atom. The fourth-order valence-corrected chi connectivity index (χ4v) is 3.93. The number of nitrogens with one attached hydrogen (secondary N) is 1. The van der Waals surface area contributed by atoms with E-state index < -0.39 is 6.10 Å². The second-order valence-corrected chi connectivity index (χ2v) is 6.99. The zero-order valence-electron chi connectivity index (χ0n) is 14.6. The number of nitrogens with zero attached hydrogens (tertiary/aromatic N) is 1. The molecule has 0 bridgehead atoms. The Balaban J connectivity index is 1.30. The van der Waals surface area contributed by atoms with E-state index in [1.165, 1.54) is 12.1 Å². The molecule has 6 heteroatoms. The second kappa shape index (κ2) is 7.60. The number of benzene rings is 1. The molecule has 1 amide bonds. The number of carbonyl (C=O) groups is 1. The van der Waals surface area contributed by atoms with Crippen molar-refractivity contribution >= 4 is 5.91 Å². The van der Waals surface area contributed by atoms with Crippen LogP contribution in [0.2, 0.25) is 0 Å². The lowest BCUT2D eigenvalue weighted by molar-refractivity contribution is -0.144. The summed E-state index contributed by atoms with van der Waals surface area (Å²) in [4.78, 5) is 14.7. The fraction of sp³-hybridized carbons (Fsp3) is 0.450. The Hall–Kier alpha value is -2.18. The van der Waals surface area contributed by atoms with Crippen LogP contribution in [0.4, 0.5) is 4.39 Å². The van der Waals surface area contributed by atoms with E-state index in [0.717, 1.165) is 37.3 Å². The number of halogens is 1. The zero-order chi connectivity index (χ0) is 17.9. The largest absolute Gasteiger partial charge is 0.467 e. The Morgan fingerprint density at radius 3 is 2.81 bits per heavy atom. The topological polar surface area (TPSA) is 54.7 Å². The summed E-state index contributed by atoms with van der Waals surface area (Å²) in [6, 6.07) is 10.6. The lowest BCUT2D eigenvalue weighted by Crippen LogP contribution is -2.47. The smallest absolute Gasteiger partial charge is 0.249 e. The number of ether oxygens (including phenoxy) is 1. The van der Waals surface area contributed by atoms with Crippen molar-refractivity contribution in [3.8, 4) is 0 Å². The predicted octanol–water partition coefficient (Wildman–Crippen LogP) is 2.86. The van der Waals surface area contributed by atoms with Crippen LogP contribution in [0.25, 0.3) is 0 Å². The summed E-state index contributed by atoms with van der Waals surface area (Å²) in [6.45, 7) is 2.12. The predicted molar refractivity (Wildman–Crippen MR) is 93.7 cm³/mol. The van der Waals surface area contributed by atoms with Crippen molar-refractivity contribution in [2.45, 2.75) is 50.6 Å². The monoisotopic (exact) mass is 358 g/mol. The number of fused-ring (bicyclic) bond motifs is 1. The van der Waals surface area contributed by atoms with E-state index in [1.54, 1.807) is 12.3 Å². The summed E-state index contributed by atoms with van der Waals surface area (Å²) in [5.74, 6) is 0.452. The number of rotatable bonds is 5. The maximum atomic E-state index is 13.1. The summed E-state index contributed by atoms with van der Waals surface area (Å²) in [5, 5.41) is 2.88. The van der Waals surface area contributed by atoms with E-state index in [9.17, 15) is 9.18 Å². The summed E-state index contributed by atoms with van der Waals surface area (Å²) in [6.07, 6.45) is 3.86. The van der Waals surface area contributed by atoms with Crippen molar-refractivity contribution in [1.29, 1.82) is 0 Å². The van der Waals surface area contributed by atoms with Gasteiger partial charge in [0, 0.05) is 19.1 Å². The first-order valence-corrected chi connectivity index (χ1v) is 9.13. The van der Waals surface area contributed by atoms with Crippen LogP contribution in [0, 0.1) is 5.82 Å². The first-order valence-electron chi connectivity index (χ1n) is 9.13. The lowest BCUT2D eigenvalue weighted by atomic mass is 9.98. The van der Waals surface area contributed by atoms with Gasteiger partial charge in [0.25, 0.3) is 0 Å². The number of hydrogen-bond donors (Lipinski definition) is 1. The molecule has 0 unspecified atom stereocenters. The van der Waals surface area contributed by atoms with Crippen molar-refractivity contribution in [1.82, 2.24) is 10.2 Å². The van der Waals surface area contributed by atoms with Gasteiger partial charge in [-0.3, -0.25) is 9.69 Å². The molecule has 0 spiro atoms. The summed E-state index contributed by atoms with van der Waals surface area (Å²) < 4.78 is 24.4. The van der Waals surface area contributed by atoms with E-state index >= 15 is 0 Å². The molecule has 138 valence electrons. The highest BCUT2D eigenvalue weighted by Crippen LogP contribution is 2.32. The molecule has 1 N–H and O–H groups in total. The first-order chi connectivity index (χ1) is 12.7. The van der Waals surface area contributed by atoms with Crippen LogP contribution < -0.4 is 5.32 Å². The van der Waals surface area contributed by atoms with Crippen LogP contribution in [0.15, 0.2) is 47.1 Å². The van der Waals surface area contributed by atoms with Crippen LogP contribution in [-0.4, -0.2) is 35.6 Å². The Bertz CT molecular complexity index is 732. The number of carbonyl (C=O) groups excluding carboxylic acids is 1. The Kier molecular flexibility index (Phi) is 5.04. The maximum Gasteiger partial charge on any atom is 0.249 e. The number of amides is 1. The lowest BCUT2D eigenvalue weighted by Gasteiger charge is -2.35. The molecule has 0 aliphatic carbocycles. The first kappa shape index (κ1) is 17.2. The second-order valence-electron chi connectivity index (χ2n) is 6.99. The molecule has 2 aromatic rings. The molecule has 26 heavy (non-hydrogen) atoms. The van der Waals surface area contributed by atoms with Gasteiger partial charge < -0.3 is 14.5 Å². The van der Waals surface area contributed by atoms with Gasteiger partial charge in [-0.05, 0) is 49.1 Å². The van der Waals surface area contributed by atoms with Crippen molar-refractivity contribution < 1.29 is 18.3 Å². The minimum absolute atomic E-state index is 0.0724. The van der Waals surface area contributed by atoms with E-state index in [2.05, 4.69) is 10.2 Å². The average molecular weight is 358 g/mol. The van der Waals surface area contributed by atoms with Crippen molar-refractivity contribution in [2.24, 2.45) is 0 Å². The molecule has 3 heterocycles. The van der Waals surface area contributed by atoms with Gasteiger partial charge in [0.15, 0.2) is 0 Å². The standard InChI is InChI=1S/C20H23FN2O3/c21-15-5-3-14(4-6-15)13-23-10-9-18-17(23)7-8-19(26-18)20(24)22-12-16-2-1-11-25-16/h1-6,11,17-19H,7-10,12-13H2,(H,22,24)/t17-,18-,19+/m1/s1.